The molecule has 0 saturated carbocycles. The molecule has 2 atom stereocenters. The standard InChI is InChI=1S/C22H28N10O2/c1-13-16(27-22(34)17-9-15-5-3-8-32(15)29-17)6-4-7-31(13)18-11-24-19(20(23)33)21(28-18)26-14-10-25-30(2)12-14/h9-13,16H,3-8H2,1-2H3,(H2,23,33)(H,26,28)(H,27,34)/t13-,16-/m1/s1. The summed E-state index contributed by atoms with van der Waals surface area (Å²) in [7, 11) is 1.80. The van der Waals surface area contributed by atoms with E-state index in [2.05, 4.69) is 42.6 Å². The van der Waals surface area contributed by atoms with Crippen LogP contribution in [0.3, 0.4) is 0 Å². The van der Waals surface area contributed by atoms with Gasteiger partial charge in [0.1, 0.15) is 11.5 Å². The molecule has 3 aromatic rings. The molecule has 0 spiro atoms. The van der Waals surface area contributed by atoms with Gasteiger partial charge in [-0.05, 0) is 38.7 Å². The van der Waals surface area contributed by atoms with Gasteiger partial charge in [0.15, 0.2) is 11.5 Å². The number of hydrogen-bond donors (Lipinski definition) is 3. The number of piperidine rings is 1. The lowest BCUT2D eigenvalue weighted by molar-refractivity contribution is 0.0917. The average molecular weight is 465 g/mol. The lowest BCUT2D eigenvalue weighted by atomic mass is 9.97. The Balaban J connectivity index is 1.34. The van der Waals surface area contributed by atoms with Gasteiger partial charge in [0.2, 0.25) is 0 Å². The van der Waals surface area contributed by atoms with Crippen LogP contribution in [0.25, 0.3) is 0 Å². The van der Waals surface area contributed by atoms with Gasteiger partial charge >= 0.3 is 0 Å². The highest BCUT2D eigenvalue weighted by atomic mass is 16.2. The smallest absolute Gasteiger partial charge is 0.272 e. The Labute approximate surface area is 196 Å². The fourth-order valence-electron chi connectivity index (χ4n) is 4.68. The number of aryl methyl sites for hydroxylation is 3. The Morgan fingerprint density at radius 1 is 1.21 bits per heavy atom. The number of nitrogens with one attached hydrogen (secondary N) is 2. The van der Waals surface area contributed by atoms with Crippen LogP contribution in [0.1, 0.15) is 52.9 Å². The third-order valence-electron chi connectivity index (χ3n) is 6.46. The Hall–Kier alpha value is -3.96. The minimum Gasteiger partial charge on any atom is -0.364 e. The highest BCUT2D eigenvalue weighted by Crippen LogP contribution is 2.26. The summed E-state index contributed by atoms with van der Waals surface area (Å²) >= 11 is 0. The summed E-state index contributed by atoms with van der Waals surface area (Å²) in [6.07, 6.45) is 8.70. The van der Waals surface area contributed by atoms with Crippen molar-refractivity contribution in [3.05, 3.63) is 41.7 Å². The lowest BCUT2D eigenvalue weighted by Crippen LogP contribution is -2.54. The van der Waals surface area contributed by atoms with Crippen LogP contribution in [0.5, 0.6) is 0 Å². The molecular weight excluding hydrogens is 436 g/mol. The van der Waals surface area contributed by atoms with Crippen molar-refractivity contribution in [1.82, 2.24) is 34.8 Å². The largest absolute Gasteiger partial charge is 0.364 e. The molecule has 12 heteroatoms. The van der Waals surface area contributed by atoms with E-state index in [0.717, 1.165) is 44.5 Å². The zero-order chi connectivity index (χ0) is 23.8. The fraction of sp³-hybridized carbons (Fsp3) is 0.455. The summed E-state index contributed by atoms with van der Waals surface area (Å²) in [5.41, 5.74) is 7.81. The van der Waals surface area contributed by atoms with Crippen LogP contribution in [0.4, 0.5) is 17.3 Å². The van der Waals surface area contributed by atoms with E-state index in [4.69, 9.17) is 5.73 Å². The van der Waals surface area contributed by atoms with Crippen molar-refractivity contribution in [2.75, 3.05) is 16.8 Å². The van der Waals surface area contributed by atoms with Crippen molar-refractivity contribution in [3.8, 4) is 0 Å². The maximum atomic E-state index is 12.9. The SMILES string of the molecule is C[C@@H]1[C@H](NC(=O)c2cc3n(n2)CCC3)CCCN1c1cnc(C(N)=O)c(Nc2cnn(C)c2)n1. The van der Waals surface area contributed by atoms with Crippen LogP contribution in [0.15, 0.2) is 24.7 Å². The fourth-order valence-corrected chi connectivity index (χ4v) is 4.68. The summed E-state index contributed by atoms with van der Waals surface area (Å²) in [5.74, 6) is 0.0385. The molecule has 3 aromatic heterocycles. The van der Waals surface area contributed by atoms with Crippen molar-refractivity contribution in [1.29, 1.82) is 0 Å². The number of hydrogen-bond acceptors (Lipinski definition) is 8. The summed E-state index contributed by atoms with van der Waals surface area (Å²) in [6.45, 7) is 3.67. The average Bonchev–Trinajstić information content (AvgIpc) is 3.51. The number of carbonyl (C=O) groups excluding carboxylic acids is 2. The second-order valence-corrected chi connectivity index (χ2v) is 8.82. The van der Waals surface area contributed by atoms with E-state index in [1.807, 2.05) is 10.7 Å². The van der Waals surface area contributed by atoms with Gasteiger partial charge in [-0.15, -0.1) is 0 Å². The van der Waals surface area contributed by atoms with E-state index in [-0.39, 0.29) is 29.5 Å². The van der Waals surface area contributed by atoms with Gasteiger partial charge < -0.3 is 21.3 Å². The molecule has 4 N–H and O–H groups in total. The van der Waals surface area contributed by atoms with Crippen LogP contribution >= 0.6 is 0 Å². The molecule has 5 heterocycles. The number of nitrogens with zero attached hydrogens (tertiary/aromatic N) is 7. The van der Waals surface area contributed by atoms with Crippen LogP contribution in [0.2, 0.25) is 0 Å². The van der Waals surface area contributed by atoms with Gasteiger partial charge in [-0.1, -0.05) is 0 Å². The number of amides is 2. The quantitative estimate of drug-likeness (QED) is 0.489. The molecule has 0 aromatic carbocycles. The lowest BCUT2D eigenvalue weighted by Gasteiger charge is -2.40. The molecule has 2 amide bonds. The Morgan fingerprint density at radius 2 is 2.06 bits per heavy atom. The monoisotopic (exact) mass is 464 g/mol. The van der Waals surface area contributed by atoms with Gasteiger partial charge in [-0.25, -0.2) is 9.97 Å². The first-order chi connectivity index (χ1) is 16.4. The first-order valence-electron chi connectivity index (χ1n) is 11.5. The van der Waals surface area contributed by atoms with Crippen LogP contribution in [0, 0.1) is 0 Å². The number of aromatic nitrogens is 6. The van der Waals surface area contributed by atoms with E-state index < -0.39 is 5.91 Å². The van der Waals surface area contributed by atoms with Crippen molar-refractivity contribution in [2.45, 2.75) is 51.2 Å². The van der Waals surface area contributed by atoms with E-state index in [0.29, 0.717) is 17.2 Å². The number of rotatable bonds is 6. The molecule has 1 saturated heterocycles. The van der Waals surface area contributed by atoms with E-state index in [1.54, 1.807) is 30.3 Å². The van der Waals surface area contributed by atoms with Crippen molar-refractivity contribution in [2.24, 2.45) is 12.8 Å². The van der Waals surface area contributed by atoms with Crippen LogP contribution < -0.4 is 21.3 Å². The van der Waals surface area contributed by atoms with Gasteiger partial charge in [-0.3, -0.25) is 19.0 Å². The summed E-state index contributed by atoms with van der Waals surface area (Å²) in [4.78, 5) is 35.8. The second kappa shape index (κ2) is 8.76. The van der Waals surface area contributed by atoms with Gasteiger partial charge in [-0.2, -0.15) is 10.2 Å². The highest BCUT2D eigenvalue weighted by molar-refractivity contribution is 5.96. The third kappa shape index (κ3) is 4.18. The van der Waals surface area contributed by atoms with Crippen molar-refractivity contribution >= 4 is 29.1 Å². The number of nitrogens with two attached hydrogens (primary N) is 1. The van der Waals surface area contributed by atoms with E-state index >= 15 is 0 Å². The molecule has 2 aliphatic rings. The predicted octanol–water partition coefficient (Wildman–Crippen LogP) is 0.983. The third-order valence-corrected chi connectivity index (χ3v) is 6.46. The van der Waals surface area contributed by atoms with Gasteiger partial charge in [0, 0.05) is 44.1 Å². The molecule has 5 rings (SSSR count). The van der Waals surface area contributed by atoms with Crippen LogP contribution in [-0.2, 0) is 20.0 Å². The molecular formula is C22H28N10O2. The number of carbonyl (C=O) groups is 2. The number of primary amides is 1. The summed E-state index contributed by atoms with van der Waals surface area (Å²) in [5, 5.41) is 14.8. The summed E-state index contributed by atoms with van der Waals surface area (Å²) in [6, 6.07) is 1.77. The maximum Gasteiger partial charge on any atom is 0.272 e. The topological polar surface area (TPSA) is 149 Å². The van der Waals surface area contributed by atoms with E-state index in [1.165, 1.54) is 0 Å². The molecule has 0 unspecified atom stereocenters. The first kappa shape index (κ1) is 21.9. The minimum absolute atomic E-state index is 0.0351. The Morgan fingerprint density at radius 3 is 2.79 bits per heavy atom. The Bertz CT molecular complexity index is 1210. The zero-order valence-corrected chi connectivity index (χ0v) is 19.2. The summed E-state index contributed by atoms with van der Waals surface area (Å²) < 4.78 is 3.55. The molecule has 12 nitrogen and oxygen atoms in total. The molecule has 0 aliphatic carbocycles. The van der Waals surface area contributed by atoms with Crippen molar-refractivity contribution in [3.63, 3.8) is 0 Å². The minimum atomic E-state index is -0.672. The Kier molecular flexibility index (Phi) is 5.64. The zero-order valence-electron chi connectivity index (χ0n) is 19.2. The number of fused-ring (bicyclic) bond motifs is 1. The van der Waals surface area contributed by atoms with Crippen LogP contribution in [-0.4, -0.2) is 60.0 Å². The molecule has 178 valence electrons. The predicted molar refractivity (Wildman–Crippen MR) is 125 cm³/mol. The first-order valence-corrected chi connectivity index (χ1v) is 11.5. The van der Waals surface area contributed by atoms with E-state index in [9.17, 15) is 9.59 Å². The normalized spacial score (nSPS) is 19.6. The molecule has 2 aliphatic heterocycles. The number of anilines is 3. The van der Waals surface area contributed by atoms with Crippen molar-refractivity contribution < 1.29 is 9.59 Å². The van der Waals surface area contributed by atoms with Gasteiger partial charge in [0.05, 0.1) is 18.1 Å². The highest BCUT2D eigenvalue weighted by Gasteiger charge is 2.32. The van der Waals surface area contributed by atoms with Gasteiger partial charge in [0.25, 0.3) is 11.8 Å². The molecule has 34 heavy (non-hydrogen) atoms. The maximum absolute atomic E-state index is 12.9. The molecule has 0 radical (unpaired) electrons. The second-order valence-electron chi connectivity index (χ2n) is 8.82. The molecule has 0 bridgehead atoms. The molecule has 1 fully saturated rings.